The molecule has 0 unspecified atom stereocenters. The third-order valence-corrected chi connectivity index (χ3v) is 2.92. The fraction of sp³-hybridized carbons (Fsp3) is 0.267. The predicted molar refractivity (Wildman–Crippen MR) is 77.8 cm³/mol. The van der Waals surface area contributed by atoms with Crippen molar-refractivity contribution in [3.63, 3.8) is 0 Å². The first-order valence-electron chi connectivity index (χ1n) is 6.38. The third kappa shape index (κ3) is 4.23. The molecule has 0 atom stereocenters. The molecule has 1 heterocycles. The van der Waals surface area contributed by atoms with E-state index < -0.39 is 0 Å². The summed E-state index contributed by atoms with van der Waals surface area (Å²) < 4.78 is 5.68. The zero-order valence-corrected chi connectivity index (χ0v) is 11.7. The van der Waals surface area contributed by atoms with Crippen molar-refractivity contribution in [2.75, 3.05) is 6.54 Å². The number of para-hydroxylation sites is 1. The highest BCUT2D eigenvalue weighted by molar-refractivity contribution is 6.31. The molecule has 2 rings (SSSR count). The topological polar surface area (TPSA) is 34.2 Å². The van der Waals surface area contributed by atoms with Crippen LogP contribution in [0.15, 0.2) is 42.5 Å². The Hall–Kier alpha value is -1.58. The van der Waals surface area contributed by atoms with E-state index in [9.17, 15) is 0 Å². The average molecular weight is 277 g/mol. The second-order valence-electron chi connectivity index (χ2n) is 4.17. The van der Waals surface area contributed by atoms with Gasteiger partial charge in [0.1, 0.15) is 5.75 Å². The number of ether oxygens (including phenoxy) is 1. The molecule has 0 saturated heterocycles. The molecule has 1 aromatic heterocycles. The first kappa shape index (κ1) is 13.8. The Labute approximate surface area is 118 Å². The molecule has 2 aromatic rings. The average Bonchev–Trinajstić information content (AvgIpc) is 2.44. The van der Waals surface area contributed by atoms with Gasteiger partial charge in [-0.05, 0) is 31.2 Å². The van der Waals surface area contributed by atoms with Crippen molar-refractivity contribution in [1.29, 1.82) is 0 Å². The van der Waals surface area contributed by atoms with E-state index in [1.165, 1.54) is 0 Å². The zero-order chi connectivity index (χ0) is 13.5. The Bertz CT molecular complexity index is 517. The monoisotopic (exact) mass is 276 g/mol. The lowest BCUT2D eigenvalue weighted by Crippen LogP contribution is -2.15. The van der Waals surface area contributed by atoms with Gasteiger partial charge in [-0.15, -0.1) is 0 Å². The molecule has 0 amide bonds. The van der Waals surface area contributed by atoms with Crippen molar-refractivity contribution in [2.45, 2.75) is 19.9 Å². The SMILES string of the molecule is CCCNCc1nc(Oc2ccccc2)ccc1Cl. The number of hydrogen-bond acceptors (Lipinski definition) is 3. The lowest BCUT2D eigenvalue weighted by molar-refractivity contribution is 0.459. The van der Waals surface area contributed by atoms with Crippen molar-refractivity contribution in [2.24, 2.45) is 0 Å². The molecule has 0 spiro atoms. The van der Waals surface area contributed by atoms with Crippen molar-refractivity contribution in [1.82, 2.24) is 10.3 Å². The molecule has 0 bridgehead atoms. The molecule has 100 valence electrons. The summed E-state index contributed by atoms with van der Waals surface area (Å²) in [6.07, 6.45) is 1.08. The van der Waals surface area contributed by atoms with Gasteiger partial charge in [0.2, 0.25) is 5.88 Å². The lowest BCUT2D eigenvalue weighted by Gasteiger charge is -2.08. The van der Waals surface area contributed by atoms with E-state index in [1.807, 2.05) is 36.4 Å². The van der Waals surface area contributed by atoms with Gasteiger partial charge in [0.25, 0.3) is 0 Å². The van der Waals surface area contributed by atoms with E-state index in [0.717, 1.165) is 24.4 Å². The van der Waals surface area contributed by atoms with E-state index >= 15 is 0 Å². The Morgan fingerprint density at radius 1 is 1.16 bits per heavy atom. The first-order valence-corrected chi connectivity index (χ1v) is 6.76. The molecule has 0 radical (unpaired) electrons. The molecule has 0 aliphatic rings. The molecule has 1 N–H and O–H groups in total. The van der Waals surface area contributed by atoms with Gasteiger partial charge in [-0.3, -0.25) is 0 Å². The standard InChI is InChI=1S/C15H17ClN2O/c1-2-10-17-11-14-13(16)8-9-15(18-14)19-12-6-4-3-5-7-12/h3-9,17H,2,10-11H2,1H3. The number of halogens is 1. The predicted octanol–water partition coefficient (Wildman–Crippen LogP) is 4.03. The molecule has 0 aliphatic carbocycles. The Kier molecular flexibility index (Phi) is 5.19. The highest BCUT2D eigenvalue weighted by atomic mass is 35.5. The summed E-state index contributed by atoms with van der Waals surface area (Å²) in [5, 5.41) is 3.94. The van der Waals surface area contributed by atoms with Crippen molar-refractivity contribution in [3.05, 3.63) is 53.2 Å². The molecular weight excluding hydrogens is 260 g/mol. The summed E-state index contributed by atoms with van der Waals surface area (Å²) in [5.74, 6) is 1.33. The largest absolute Gasteiger partial charge is 0.439 e. The molecule has 0 fully saturated rings. The van der Waals surface area contributed by atoms with Crippen LogP contribution in [0.1, 0.15) is 19.0 Å². The van der Waals surface area contributed by atoms with E-state index in [0.29, 0.717) is 17.4 Å². The maximum atomic E-state index is 6.12. The fourth-order valence-electron chi connectivity index (χ4n) is 1.64. The Balaban J connectivity index is 2.07. The van der Waals surface area contributed by atoms with E-state index in [-0.39, 0.29) is 0 Å². The van der Waals surface area contributed by atoms with Crippen LogP contribution in [-0.4, -0.2) is 11.5 Å². The number of nitrogens with one attached hydrogen (secondary N) is 1. The van der Waals surface area contributed by atoms with Crippen molar-refractivity contribution >= 4 is 11.6 Å². The number of pyridine rings is 1. The van der Waals surface area contributed by atoms with Crippen LogP contribution >= 0.6 is 11.6 Å². The minimum atomic E-state index is 0.559. The van der Waals surface area contributed by atoms with Gasteiger partial charge in [0.15, 0.2) is 0 Å². The number of benzene rings is 1. The second kappa shape index (κ2) is 7.12. The highest BCUT2D eigenvalue weighted by Gasteiger charge is 2.05. The first-order chi connectivity index (χ1) is 9.29. The van der Waals surface area contributed by atoms with Crippen LogP contribution in [-0.2, 0) is 6.54 Å². The van der Waals surface area contributed by atoms with Crippen LogP contribution in [0.25, 0.3) is 0 Å². The van der Waals surface area contributed by atoms with E-state index in [2.05, 4.69) is 17.2 Å². The van der Waals surface area contributed by atoms with Crippen LogP contribution in [0, 0.1) is 0 Å². The number of hydrogen-bond donors (Lipinski definition) is 1. The zero-order valence-electron chi connectivity index (χ0n) is 10.9. The van der Waals surface area contributed by atoms with Crippen LogP contribution in [0.5, 0.6) is 11.6 Å². The van der Waals surface area contributed by atoms with Crippen molar-refractivity contribution in [3.8, 4) is 11.6 Å². The minimum absolute atomic E-state index is 0.559. The fourth-order valence-corrected chi connectivity index (χ4v) is 1.81. The van der Waals surface area contributed by atoms with Gasteiger partial charge < -0.3 is 10.1 Å². The highest BCUT2D eigenvalue weighted by Crippen LogP contribution is 2.22. The quantitative estimate of drug-likeness (QED) is 0.809. The van der Waals surface area contributed by atoms with Gasteiger partial charge in [0, 0.05) is 12.6 Å². The van der Waals surface area contributed by atoms with Crippen LogP contribution in [0.2, 0.25) is 5.02 Å². The minimum Gasteiger partial charge on any atom is -0.439 e. The molecule has 1 aromatic carbocycles. The number of nitrogens with zero attached hydrogens (tertiary/aromatic N) is 1. The van der Waals surface area contributed by atoms with Crippen LogP contribution in [0.3, 0.4) is 0 Å². The van der Waals surface area contributed by atoms with Gasteiger partial charge in [0.05, 0.1) is 10.7 Å². The molecule has 0 saturated carbocycles. The van der Waals surface area contributed by atoms with E-state index in [1.54, 1.807) is 6.07 Å². The molecule has 0 aliphatic heterocycles. The normalized spacial score (nSPS) is 10.4. The van der Waals surface area contributed by atoms with Crippen LogP contribution < -0.4 is 10.1 Å². The number of rotatable bonds is 6. The molecule has 4 heteroatoms. The summed E-state index contributed by atoms with van der Waals surface area (Å²) >= 11 is 6.12. The van der Waals surface area contributed by atoms with Gasteiger partial charge in [-0.1, -0.05) is 36.7 Å². The molecule has 3 nitrogen and oxygen atoms in total. The molecular formula is C15H17ClN2O. The molecule has 19 heavy (non-hydrogen) atoms. The maximum absolute atomic E-state index is 6.12. The maximum Gasteiger partial charge on any atom is 0.219 e. The van der Waals surface area contributed by atoms with Gasteiger partial charge >= 0.3 is 0 Å². The third-order valence-electron chi connectivity index (χ3n) is 2.58. The lowest BCUT2D eigenvalue weighted by atomic mass is 10.3. The summed E-state index contributed by atoms with van der Waals surface area (Å²) in [6.45, 7) is 3.72. The Morgan fingerprint density at radius 2 is 1.95 bits per heavy atom. The van der Waals surface area contributed by atoms with Crippen molar-refractivity contribution < 1.29 is 4.74 Å². The summed E-state index contributed by atoms with van der Waals surface area (Å²) in [5.41, 5.74) is 0.809. The second-order valence-corrected chi connectivity index (χ2v) is 4.58. The van der Waals surface area contributed by atoms with E-state index in [4.69, 9.17) is 16.3 Å². The van der Waals surface area contributed by atoms with Gasteiger partial charge in [-0.2, -0.15) is 0 Å². The van der Waals surface area contributed by atoms with Gasteiger partial charge in [-0.25, -0.2) is 4.98 Å². The summed E-state index contributed by atoms with van der Waals surface area (Å²) in [6, 6.07) is 13.2. The van der Waals surface area contributed by atoms with Crippen LogP contribution in [0.4, 0.5) is 0 Å². The smallest absolute Gasteiger partial charge is 0.219 e. The Morgan fingerprint density at radius 3 is 2.68 bits per heavy atom. The summed E-state index contributed by atoms with van der Waals surface area (Å²) in [7, 11) is 0. The number of aromatic nitrogens is 1. The summed E-state index contributed by atoms with van der Waals surface area (Å²) in [4.78, 5) is 4.42.